The molecule has 0 radical (unpaired) electrons. The predicted octanol–water partition coefficient (Wildman–Crippen LogP) is 4.19. The Hall–Kier alpha value is -2.62. The second-order valence-electron chi connectivity index (χ2n) is 6.45. The van der Waals surface area contributed by atoms with Gasteiger partial charge in [-0.3, -0.25) is 4.79 Å². The Morgan fingerprint density at radius 1 is 1.00 bits per heavy atom. The number of nitrogens with zero attached hydrogens (tertiary/aromatic N) is 3. The van der Waals surface area contributed by atoms with Gasteiger partial charge in [0, 0.05) is 18.7 Å². The van der Waals surface area contributed by atoms with Crippen LogP contribution in [0.5, 0.6) is 0 Å². The first-order chi connectivity index (χ1) is 12.0. The van der Waals surface area contributed by atoms with Gasteiger partial charge in [-0.2, -0.15) is 0 Å². The molecule has 0 fully saturated rings. The van der Waals surface area contributed by atoms with E-state index in [4.69, 9.17) is 4.98 Å². The molecule has 1 aromatic heterocycles. The van der Waals surface area contributed by atoms with E-state index in [9.17, 15) is 4.79 Å². The fourth-order valence-corrected chi connectivity index (χ4v) is 3.13. The maximum Gasteiger partial charge on any atom is 0.242 e. The Bertz CT molecular complexity index is 889. The van der Waals surface area contributed by atoms with Crippen LogP contribution in [0.3, 0.4) is 0 Å². The summed E-state index contributed by atoms with van der Waals surface area (Å²) in [6.45, 7) is 9.91. The molecule has 0 saturated heterocycles. The predicted molar refractivity (Wildman–Crippen MR) is 103 cm³/mol. The first kappa shape index (κ1) is 17.2. The van der Waals surface area contributed by atoms with Crippen molar-refractivity contribution in [2.24, 2.45) is 0 Å². The molecule has 0 atom stereocenters. The number of carbonyl (C=O) groups is 1. The Labute approximate surface area is 149 Å². The summed E-state index contributed by atoms with van der Waals surface area (Å²) in [5.74, 6) is 0.972. The number of likely N-dealkylation sites (N-methyl/N-ethyl adjacent to an activating group) is 1. The topological polar surface area (TPSA) is 38.1 Å². The number of benzene rings is 2. The van der Waals surface area contributed by atoms with E-state index >= 15 is 0 Å². The lowest BCUT2D eigenvalue weighted by molar-refractivity contribution is -0.131. The van der Waals surface area contributed by atoms with Crippen molar-refractivity contribution in [1.82, 2.24) is 14.5 Å². The van der Waals surface area contributed by atoms with Gasteiger partial charge in [-0.05, 0) is 45.4 Å². The minimum Gasteiger partial charge on any atom is -0.342 e. The van der Waals surface area contributed by atoms with Crippen LogP contribution < -0.4 is 0 Å². The Morgan fingerprint density at radius 3 is 2.28 bits per heavy atom. The molecule has 4 nitrogen and oxygen atoms in total. The molecule has 4 heteroatoms. The van der Waals surface area contributed by atoms with Crippen molar-refractivity contribution in [1.29, 1.82) is 0 Å². The zero-order valence-corrected chi connectivity index (χ0v) is 15.4. The second-order valence-corrected chi connectivity index (χ2v) is 6.45. The van der Waals surface area contributed by atoms with Gasteiger partial charge >= 0.3 is 0 Å². The molecule has 1 amide bonds. The molecule has 0 aliphatic heterocycles. The van der Waals surface area contributed by atoms with Crippen LogP contribution in [0.1, 0.15) is 25.0 Å². The summed E-state index contributed by atoms with van der Waals surface area (Å²) in [6, 6.07) is 14.5. The smallest absolute Gasteiger partial charge is 0.242 e. The van der Waals surface area contributed by atoms with Gasteiger partial charge in [0.15, 0.2) is 0 Å². The van der Waals surface area contributed by atoms with E-state index in [1.54, 1.807) is 0 Å². The largest absolute Gasteiger partial charge is 0.342 e. The van der Waals surface area contributed by atoms with Crippen LogP contribution in [-0.2, 0) is 11.3 Å². The van der Waals surface area contributed by atoms with E-state index in [1.807, 2.05) is 29.4 Å². The molecule has 0 aliphatic rings. The summed E-state index contributed by atoms with van der Waals surface area (Å²) < 4.78 is 2.05. The first-order valence-corrected chi connectivity index (χ1v) is 8.85. The van der Waals surface area contributed by atoms with Crippen molar-refractivity contribution in [2.45, 2.75) is 34.2 Å². The van der Waals surface area contributed by atoms with E-state index in [1.165, 1.54) is 11.1 Å². The van der Waals surface area contributed by atoms with Gasteiger partial charge in [0.05, 0.1) is 11.0 Å². The summed E-state index contributed by atoms with van der Waals surface area (Å²) in [5.41, 5.74) is 5.34. The third-order valence-electron chi connectivity index (χ3n) is 4.62. The molecule has 0 saturated carbocycles. The van der Waals surface area contributed by atoms with E-state index in [-0.39, 0.29) is 5.91 Å². The van der Waals surface area contributed by atoms with Crippen molar-refractivity contribution < 1.29 is 4.79 Å². The number of hydrogen-bond donors (Lipinski definition) is 0. The molecule has 130 valence electrons. The van der Waals surface area contributed by atoms with Crippen molar-refractivity contribution in [3.05, 3.63) is 53.6 Å². The van der Waals surface area contributed by atoms with Crippen LogP contribution in [0.15, 0.2) is 42.5 Å². The summed E-state index contributed by atoms with van der Waals surface area (Å²) in [4.78, 5) is 19.4. The highest BCUT2D eigenvalue weighted by Crippen LogP contribution is 2.26. The zero-order valence-electron chi connectivity index (χ0n) is 15.4. The molecule has 0 aliphatic carbocycles. The maximum absolute atomic E-state index is 12.7. The Kier molecular flexibility index (Phi) is 4.88. The Morgan fingerprint density at radius 2 is 1.64 bits per heavy atom. The van der Waals surface area contributed by atoms with Crippen molar-refractivity contribution in [2.75, 3.05) is 13.1 Å². The van der Waals surface area contributed by atoms with Crippen molar-refractivity contribution >= 4 is 16.9 Å². The fourth-order valence-electron chi connectivity index (χ4n) is 3.13. The normalized spacial score (nSPS) is 11.0. The molecular formula is C21H25N3O. The molecule has 0 bridgehead atoms. The fraction of sp³-hybridized carbons (Fsp3) is 0.333. The Balaban J connectivity index is 2.12. The summed E-state index contributed by atoms with van der Waals surface area (Å²) in [7, 11) is 0. The lowest BCUT2D eigenvalue weighted by atomic mass is 10.1. The van der Waals surface area contributed by atoms with Crippen LogP contribution >= 0.6 is 0 Å². The quantitative estimate of drug-likeness (QED) is 0.701. The number of amides is 1. The van der Waals surface area contributed by atoms with Crippen LogP contribution in [0, 0.1) is 13.8 Å². The van der Waals surface area contributed by atoms with Gasteiger partial charge in [-0.15, -0.1) is 0 Å². The van der Waals surface area contributed by atoms with Gasteiger partial charge in [-0.1, -0.05) is 35.9 Å². The van der Waals surface area contributed by atoms with Crippen molar-refractivity contribution in [3.63, 3.8) is 0 Å². The molecule has 2 aromatic carbocycles. The standard InChI is InChI=1S/C21H25N3O/c1-5-23(6-2)20(25)14-24-19-13-16(4)9-12-18(19)22-21(24)17-10-7-15(3)8-11-17/h7-13H,5-6,14H2,1-4H3. The molecule has 0 N–H and O–H groups in total. The number of rotatable bonds is 5. The zero-order chi connectivity index (χ0) is 18.0. The number of imidazole rings is 1. The van der Waals surface area contributed by atoms with Gasteiger partial charge in [0.25, 0.3) is 0 Å². The van der Waals surface area contributed by atoms with Crippen LogP contribution in [0.4, 0.5) is 0 Å². The second kappa shape index (κ2) is 7.09. The van der Waals surface area contributed by atoms with Crippen LogP contribution in [0.2, 0.25) is 0 Å². The minimum atomic E-state index is 0.124. The van der Waals surface area contributed by atoms with Crippen molar-refractivity contribution in [3.8, 4) is 11.4 Å². The molecular weight excluding hydrogens is 310 g/mol. The molecule has 3 aromatic rings. The van der Waals surface area contributed by atoms with Gasteiger partial charge in [0.2, 0.25) is 5.91 Å². The lowest BCUT2D eigenvalue weighted by Gasteiger charge is -2.20. The third kappa shape index (κ3) is 3.43. The highest BCUT2D eigenvalue weighted by atomic mass is 16.2. The number of hydrogen-bond acceptors (Lipinski definition) is 2. The molecule has 1 heterocycles. The van der Waals surface area contributed by atoms with E-state index in [0.717, 1.165) is 35.5 Å². The summed E-state index contributed by atoms with van der Waals surface area (Å²) in [6.07, 6.45) is 0. The molecule has 25 heavy (non-hydrogen) atoms. The van der Waals surface area contributed by atoms with E-state index < -0.39 is 0 Å². The van der Waals surface area contributed by atoms with Crippen LogP contribution in [-0.4, -0.2) is 33.4 Å². The van der Waals surface area contributed by atoms with Crippen LogP contribution in [0.25, 0.3) is 22.4 Å². The molecule has 3 rings (SSSR count). The number of aryl methyl sites for hydroxylation is 2. The third-order valence-corrected chi connectivity index (χ3v) is 4.62. The maximum atomic E-state index is 12.7. The minimum absolute atomic E-state index is 0.124. The van der Waals surface area contributed by atoms with Gasteiger partial charge in [0.1, 0.15) is 12.4 Å². The first-order valence-electron chi connectivity index (χ1n) is 8.85. The van der Waals surface area contributed by atoms with Gasteiger partial charge < -0.3 is 9.47 Å². The lowest BCUT2D eigenvalue weighted by Crippen LogP contribution is -2.33. The molecule has 0 spiro atoms. The average Bonchev–Trinajstić information content (AvgIpc) is 2.94. The number of aromatic nitrogens is 2. The monoisotopic (exact) mass is 335 g/mol. The van der Waals surface area contributed by atoms with E-state index in [0.29, 0.717) is 6.54 Å². The highest BCUT2D eigenvalue weighted by Gasteiger charge is 2.17. The average molecular weight is 335 g/mol. The highest BCUT2D eigenvalue weighted by molar-refractivity contribution is 5.85. The SMILES string of the molecule is CCN(CC)C(=O)Cn1c(-c2ccc(C)cc2)nc2ccc(C)cc21. The summed E-state index contributed by atoms with van der Waals surface area (Å²) in [5, 5.41) is 0. The van der Waals surface area contributed by atoms with E-state index in [2.05, 4.69) is 50.2 Å². The summed E-state index contributed by atoms with van der Waals surface area (Å²) >= 11 is 0. The number of fused-ring (bicyclic) bond motifs is 1. The molecule has 0 unspecified atom stereocenters. The van der Waals surface area contributed by atoms with Gasteiger partial charge in [-0.25, -0.2) is 4.98 Å². The number of carbonyl (C=O) groups excluding carboxylic acids is 1.